The minimum absolute atomic E-state index is 0.0501. The van der Waals surface area contributed by atoms with Crippen molar-refractivity contribution < 1.29 is 29.3 Å². The minimum Gasteiger partial charge on any atom is -0.508 e. The number of ketones is 1. The molecular formula is C18H18O6. The van der Waals surface area contributed by atoms with Crippen LogP contribution >= 0.6 is 0 Å². The van der Waals surface area contributed by atoms with Crippen molar-refractivity contribution in [2.75, 3.05) is 13.7 Å². The van der Waals surface area contributed by atoms with Gasteiger partial charge < -0.3 is 19.7 Å². The van der Waals surface area contributed by atoms with Crippen LogP contribution in [0.3, 0.4) is 0 Å². The fraction of sp³-hybridized carbons (Fsp3) is 0.222. The average Bonchev–Trinajstić information content (AvgIpc) is 2.59. The van der Waals surface area contributed by atoms with E-state index in [0.717, 1.165) is 6.07 Å². The Bertz CT molecular complexity index is 749. The van der Waals surface area contributed by atoms with Gasteiger partial charge in [0, 0.05) is 6.07 Å². The lowest BCUT2D eigenvalue weighted by Gasteiger charge is -2.10. The second-order valence-electron chi connectivity index (χ2n) is 5.08. The molecule has 2 N–H and O–H groups in total. The van der Waals surface area contributed by atoms with Crippen molar-refractivity contribution in [3.63, 3.8) is 0 Å². The zero-order chi connectivity index (χ0) is 17.7. The maximum Gasteiger partial charge on any atom is 0.337 e. The lowest BCUT2D eigenvalue weighted by molar-refractivity contribution is 0.0600. The fourth-order valence-electron chi connectivity index (χ4n) is 2.16. The van der Waals surface area contributed by atoms with E-state index >= 15 is 0 Å². The molecule has 0 spiro atoms. The van der Waals surface area contributed by atoms with Gasteiger partial charge in [-0.2, -0.15) is 0 Å². The predicted molar refractivity (Wildman–Crippen MR) is 86.8 cm³/mol. The Morgan fingerprint density at radius 2 is 1.71 bits per heavy atom. The van der Waals surface area contributed by atoms with Gasteiger partial charge in [0.2, 0.25) is 5.78 Å². The van der Waals surface area contributed by atoms with Crippen LogP contribution in [0.25, 0.3) is 0 Å². The summed E-state index contributed by atoms with van der Waals surface area (Å²) in [5.41, 5.74) is 1.04. The quantitative estimate of drug-likeness (QED) is 0.625. The van der Waals surface area contributed by atoms with Gasteiger partial charge in [0.25, 0.3) is 0 Å². The van der Waals surface area contributed by atoms with Crippen molar-refractivity contribution in [2.45, 2.75) is 13.3 Å². The molecule has 0 amide bonds. The van der Waals surface area contributed by atoms with Gasteiger partial charge in [-0.25, -0.2) is 4.79 Å². The molecule has 0 atom stereocenters. The number of hydrogen-bond donors (Lipinski definition) is 2. The Morgan fingerprint density at radius 3 is 2.29 bits per heavy atom. The molecule has 6 nitrogen and oxygen atoms in total. The molecule has 0 bridgehead atoms. The molecule has 0 radical (unpaired) electrons. The number of aromatic hydroxyl groups is 2. The summed E-state index contributed by atoms with van der Waals surface area (Å²) in [6.07, 6.45) is 0.530. The van der Waals surface area contributed by atoms with Gasteiger partial charge in [-0.3, -0.25) is 4.79 Å². The van der Waals surface area contributed by atoms with Crippen molar-refractivity contribution >= 4 is 11.8 Å². The van der Waals surface area contributed by atoms with Crippen LogP contribution < -0.4 is 4.74 Å². The number of aryl methyl sites for hydroxylation is 1. The number of carbonyl (C=O) groups excluding carboxylic acids is 2. The Morgan fingerprint density at radius 1 is 1.04 bits per heavy atom. The Kier molecular flexibility index (Phi) is 5.42. The molecule has 2 aromatic rings. The lowest BCUT2D eigenvalue weighted by Crippen LogP contribution is -2.12. The van der Waals surface area contributed by atoms with Crippen LogP contribution in [-0.2, 0) is 11.2 Å². The topological polar surface area (TPSA) is 93.1 Å². The maximum absolute atomic E-state index is 12.2. The third kappa shape index (κ3) is 3.84. The van der Waals surface area contributed by atoms with Gasteiger partial charge >= 0.3 is 5.97 Å². The third-order valence-corrected chi connectivity index (χ3v) is 3.52. The van der Waals surface area contributed by atoms with E-state index in [4.69, 9.17) is 4.74 Å². The molecule has 0 heterocycles. The molecule has 6 heteroatoms. The molecule has 0 saturated heterocycles. The number of methoxy groups -OCH3 is 1. The molecular weight excluding hydrogens is 312 g/mol. The number of ether oxygens (including phenoxy) is 2. The van der Waals surface area contributed by atoms with E-state index in [1.165, 1.54) is 25.3 Å². The summed E-state index contributed by atoms with van der Waals surface area (Å²) < 4.78 is 9.97. The number of esters is 1. The van der Waals surface area contributed by atoms with E-state index in [-0.39, 0.29) is 23.7 Å². The highest BCUT2D eigenvalue weighted by Crippen LogP contribution is 2.28. The van der Waals surface area contributed by atoms with Crippen LogP contribution in [0.2, 0.25) is 0 Å². The SMILES string of the molecule is CCc1cc(C(=O)COc2ccc(C(=O)OC)cc2)c(O)cc1O. The number of phenolic OH excluding ortho intramolecular Hbond substituents is 2. The second-order valence-corrected chi connectivity index (χ2v) is 5.08. The highest BCUT2D eigenvalue weighted by Gasteiger charge is 2.15. The summed E-state index contributed by atoms with van der Waals surface area (Å²) in [5, 5.41) is 19.5. The van der Waals surface area contributed by atoms with Crippen LogP contribution in [0.1, 0.15) is 33.2 Å². The fourth-order valence-corrected chi connectivity index (χ4v) is 2.16. The Labute approximate surface area is 139 Å². The second kappa shape index (κ2) is 7.50. The van der Waals surface area contributed by atoms with Crippen LogP contribution in [0.5, 0.6) is 17.2 Å². The predicted octanol–water partition coefficient (Wildman–Crippen LogP) is 2.71. The van der Waals surface area contributed by atoms with Gasteiger partial charge in [0.05, 0.1) is 18.2 Å². The molecule has 24 heavy (non-hydrogen) atoms. The molecule has 0 aliphatic heterocycles. The van der Waals surface area contributed by atoms with Gasteiger partial charge in [0.1, 0.15) is 17.2 Å². The van der Waals surface area contributed by atoms with Crippen LogP contribution in [-0.4, -0.2) is 35.7 Å². The zero-order valence-electron chi connectivity index (χ0n) is 13.4. The Balaban J connectivity index is 2.07. The third-order valence-electron chi connectivity index (χ3n) is 3.52. The van der Waals surface area contributed by atoms with E-state index in [9.17, 15) is 19.8 Å². The molecule has 2 aromatic carbocycles. The summed E-state index contributed by atoms with van der Waals surface area (Å²) in [4.78, 5) is 23.5. The highest BCUT2D eigenvalue weighted by molar-refractivity contribution is 6.00. The van der Waals surface area contributed by atoms with E-state index in [1.54, 1.807) is 12.1 Å². The number of hydrogen-bond acceptors (Lipinski definition) is 6. The summed E-state index contributed by atoms with van der Waals surface area (Å²) >= 11 is 0. The number of Topliss-reactive ketones (excluding diaryl/α,β-unsaturated/α-hetero) is 1. The summed E-state index contributed by atoms with van der Waals surface area (Å²) in [6, 6.07) is 8.76. The van der Waals surface area contributed by atoms with Crippen LogP contribution in [0, 0.1) is 0 Å². The van der Waals surface area contributed by atoms with Crippen molar-refractivity contribution in [3.05, 3.63) is 53.1 Å². The minimum atomic E-state index is -0.460. The van der Waals surface area contributed by atoms with Crippen molar-refractivity contribution in [2.24, 2.45) is 0 Å². The van der Waals surface area contributed by atoms with Crippen molar-refractivity contribution in [3.8, 4) is 17.2 Å². The standard InChI is InChI=1S/C18H18O6/c1-3-11-8-14(16(20)9-15(11)19)17(21)10-24-13-6-4-12(5-7-13)18(22)23-2/h4-9,19-20H,3,10H2,1-2H3. The molecule has 2 rings (SSSR count). The first-order chi connectivity index (χ1) is 11.5. The van der Waals surface area contributed by atoms with Crippen LogP contribution in [0.4, 0.5) is 0 Å². The van der Waals surface area contributed by atoms with Crippen molar-refractivity contribution in [1.82, 2.24) is 0 Å². The smallest absolute Gasteiger partial charge is 0.337 e. The zero-order valence-corrected chi connectivity index (χ0v) is 13.4. The summed E-state index contributed by atoms with van der Waals surface area (Å²) in [7, 11) is 1.29. The number of carbonyl (C=O) groups is 2. The molecule has 0 unspecified atom stereocenters. The van der Waals surface area contributed by atoms with E-state index in [2.05, 4.69) is 4.74 Å². The summed E-state index contributed by atoms with van der Waals surface area (Å²) in [6.45, 7) is 1.55. The first kappa shape index (κ1) is 17.3. The van der Waals surface area contributed by atoms with Gasteiger partial charge in [-0.1, -0.05) is 6.92 Å². The van der Waals surface area contributed by atoms with Crippen molar-refractivity contribution in [1.29, 1.82) is 0 Å². The monoisotopic (exact) mass is 330 g/mol. The molecule has 0 saturated carbocycles. The first-order valence-electron chi connectivity index (χ1n) is 7.35. The van der Waals surface area contributed by atoms with Gasteiger partial charge in [0.15, 0.2) is 6.61 Å². The summed E-state index contributed by atoms with van der Waals surface area (Å²) in [5.74, 6) is -0.812. The normalized spacial score (nSPS) is 10.2. The first-order valence-corrected chi connectivity index (χ1v) is 7.35. The molecule has 0 aromatic heterocycles. The van der Waals surface area contributed by atoms with E-state index in [1.807, 2.05) is 6.92 Å². The largest absolute Gasteiger partial charge is 0.508 e. The van der Waals surface area contributed by atoms with Gasteiger partial charge in [-0.15, -0.1) is 0 Å². The number of phenols is 2. The van der Waals surface area contributed by atoms with Gasteiger partial charge in [-0.05, 0) is 42.3 Å². The molecule has 126 valence electrons. The molecule has 0 aliphatic rings. The average molecular weight is 330 g/mol. The molecule has 0 aliphatic carbocycles. The van der Waals surface area contributed by atoms with E-state index in [0.29, 0.717) is 23.3 Å². The van der Waals surface area contributed by atoms with E-state index < -0.39 is 11.8 Å². The lowest BCUT2D eigenvalue weighted by atomic mass is 10.0. The highest BCUT2D eigenvalue weighted by atomic mass is 16.5. The molecule has 0 fully saturated rings. The Hall–Kier alpha value is -3.02. The number of benzene rings is 2. The number of rotatable bonds is 6. The van der Waals surface area contributed by atoms with Crippen LogP contribution in [0.15, 0.2) is 36.4 Å². The maximum atomic E-state index is 12.2.